The molecule has 0 bridgehead atoms. The van der Waals surface area contributed by atoms with Crippen molar-refractivity contribution in [1.82, 2.24) is 4.98 Å². The number of aromatic nitrogens is 1. The lowest BCUT2D eigenvalue weighted by molar-refractivity contribution is 0.112. The fourth-order valence-corrected chi connectivity index (χ4v) is 1.45. The summed E-state index contributed by atoms with van der Waals surface area (Å²) < 4.78 is 12.5. The van der Waals surface area contributed by atoms with E-state index in [1.807, 2.05) is 0 Å². The van der Waals surface area contributed by atoms with Gasteiger partial charge < -0.3 is 4.98 Å². The van der Waals surface area contributed by atoms with Gasteiger partial charge in [-0.1, -0.05) is 6.07 Å². The fraction of sp³-hybridized carbons (Fsp3) is 0.100. The molecule has 1 heterocycles. The molecular weight excluding hydrogens is 169 g/mol. The van der Waals surface area contributed by atoms with E-state index in [4.69, 9.17) is 0 Å². The summed E-state index contributed by atoms with van der Waals surface area (Å²) in [4.78, 5) is 13.5. The van der Waals surface area contributed by atoms with Gasteiger partial charge in [0.1, 0.15) is 6.67 Å². The summed E-state index contributed by atoms with van der Waals surface area (Å²) in [6.07, 6.45) is 2.47. The van der Waals surface area contributed by atoms with E-state index in [0.717, 1.165) is 11.7 Å². The average molecular weight is 177 g/mol. The number of nitrogens with one attached hydrogen (secondary N) is 1. The van der Waals surface area contributed by atoms with Crippen LogP contribution in [-0.4, -0.2) is 11.3 Å². The zero-order valence-corrected chi connectivity index (χ0v) is 6.88. The highest BCUT2D eigenvalue weighted by Gasteiger charge is 2.05. The Morgan fingerprint density at radius 3 is 2.92 bits per heavy atom. The zero-order chi connectivity index (χ0) is 9.26. The molecule has 0 fully saturated rings. The lowest BCUT2D eigenvalue weighted by atomic mass is 10.1. The Balaban J connectivity index is 2.81. The van der Waals surface area contributed by atoms with Gasteiger partial charge in [-0.2, -0.15) is 0 Å². The van der Waals surface area contributed by atoms with Crippen LogP contribution in [0.4, 0.5) is 4.39 Å². The molecule has 0 aliphatic heterocycles. The van der Waals surface area contributed by atoms with E-state index in [2.05, 4.69) is 4.98 Å². The number of rotatable bonds is 2. The zero-order valence-electron chi connectivity index (χ0n) is 6.88. The minimum Gasteiger partial charge on any atom is -0.361 e. The summed E-state index contributed by atoms with van der Waals surface area (Å²) in [5.41, 5.74) is 1.89. The molecule has 1 aromatic heterocycles. The summed E-state index contributed by atoms with van der Waals surface area (Å²) in [6, 6.07) is 5.04. The summed E-state index contributed by atoms with van der Waals surface area (Å²) in [6.45, 7) is -0.506. The predicted octanol–water partition coefficient (Wildman–Crippen LogP) is 2.45. The van der Waals surface area contributed by atoms with Gasteiger partial charge in [-0.25, -0.2) is 4.39 Å². The smallest absolute Gasteiger partial charge is 0.152 e. The van der Waals surface area contributed by atoms with Crippen molar-refractivity contribution in [3.8, 4) is 0 Å². The molecule has 0 saturated carbocycles. The summed E-state index contributed by atoms with van der Waals surface area (Å²) in [7, 11) is 0. The number of carbonyl (C=O) groups is 1. The maximum atomic E-state index is 12.5. The Hall–Kier alpha value is -1.64. The van der Waals surface area contributed by atoms with Gasteiger partial charge in [-0.15, -0.1) is 0 Å². The molecular formula is C10H8FNO. The molecule has 0 saturated heterocycles. The van der Waals surface area contributed by atoms with Crippen molar-refractivity contribution in [2.75, 3.05) is 0 Å². The highest BCUT2D eigenvalue weighted by atomic mass is 19.1. The van der Waals surface area contributed by atoms with Gasteiger partial charge in [0.15, 0.2) is 6.29 Å². The Bertz CT molecular complexity index is 447. The van der Waals surface area contributed by atoms with Crippen molar-refractivity contribution in [2.24, 2.45) is 0 Å². The number of hydrogen-bond acceptors (Lipinski definition) is 1. The maximum absolute atomic E-state index is 12.5. The standard InChI is InChI=1S/C10H8FNO/c11-5-7-1-2-8(6-13)10-9(7)3-4-12-10/h1-4,6,12H,5H2. The molecule has 66 valence electrons. The predicted molar refractivity (Wildman–Crippen MR) is 48.5 cm³/mol. The first kappa shape index (κ1) is 7.98. The van der Waals surface area contributed by atoms with Gasteiger partial charge in [-0.3, -0.25) is 4.79 Å². The normalized spacial score (nSPS) is 10.5. The van der Waals surface area contributed by atoms with Gasteiger partial charge in [0.2, 0.25) is 0 Å². The van der Waals surface area contributed by atoms with Crippen LogP contribution in [0.1, 0.15) is 15.9 Å². The molecule has 1 aromatic carbocycles. The third kappa shape index (κ3) is 1.13. The summed E-state index contributed by atoms with van der Waals surface area (Å²) >= 11 is 0. The Labute approximate surface area is 74.4 Å². The molecule has 0 aliphatic carbocycles. The molecule has 1 N–H and O–H groups in total. The van der Waals surface area contributed by atoms with Crippen molar-refractivity contribution in [3.05, 3.63) is 35.5 Å². The second-order valence-corrected chi connectivity index (χ2v) is 2.83. The Morgan fingerprint density at radius 2 is 2.23 bits per heavy atom. The lowest BCUT2D eigenvalue weighted by Gasteiger charge is -1.99. The Morgan fingerprint density at radius 1 is 1.38 bits per heavy atom. The number of aldehydes is 1. The topological polar surface area (TPSA) is 32.9 Å². The van der Waals surface area contributed by atoms with Crippen LogP contribution in [0.3, 0.4) is 0 Å². The summed E-state index contributed by atoms with van der Waals surface area (Å²) in [5.74, 6) is 0. The monoisotopic (exact) mass is 177 g/mol. The van der Waals surface area contributed by atoms with E-state index in [1.165, 1.54) is 0 Å². The van der Waals surface area contributed by atoms with Crippen molar-refractivity contribution in [3.63, 3.8) is 0 Å². The van der Waals surface area contributed by atoms with Gasteiger partial charge in [0.25, 0.3) is 0 Å². The highest BCUT2D eigenvalue weighted by Crippen LogP contribution is 2.21. The second kappa shape index (κ2) is 3.01. The van der Waals surface area contributed by atoms with Crippen LogP contribution < -0.4 is 0 Å². The molecule has 2 rings (SSSR count). The van der Waals surface area contributed by atoms with E-state index >= 15 is 0 Å². The van der Waals surface area contributed by atoms with Gasteiger partial charge in [-0.05, 0) is 17.7 Å². The minimum absolute atomic E-state index is 0.506. The molecule has 2 nitrogen and oxygen atoms in total. The van der Waals surface area contributed by atoms with Gasteiger partial charge in [0, 0.05) is 17.1 Å². The van der Waals surface area contributed by atoms with E-state index in [0.29, 0.717) is 16.6 Å². The molecule has 0 atom stereocenters. The number of H-pyrrole nitrogens is 1. The van der Waals surface area contributed by atoms with Crippen LogP contribution in [0, 0.1) is 0 Å². The molecule has 2 aromatic rings. The van der Waals surface area contributed by atoms with Crippen LogP contribution in [0.25, 0.3) is 10.9 Å². The van der Waals surface area contributed by atoms with Crippen LogP contribution in [0.5, 0.6) is 0 Å². The molecule has 3 heteroatoms. The first-order valence-corrected chi connectivity index (χ1v) is 3.97. The second-order valence-electron chi connectivity index (χ2n) is 2.83. The van der Waals surface area contributed by atoms with Crippen LogP contribution in [-0.2, 0) is 6.67 Å². The van der Waals surface area contributed by atoms with Crippen LogP contribution >= 0.6 is 0 Å². The highest BCUT2D eigenvalue weighted by molar-refractivity contribution is 5.97. The van der Waals surface area contributed by atoms with Crippen molar-refractivity contribution in [1.29, 1.82) is 0 Å². The van der Waals surface area contributed by atoms with Gasteiger partial charge >= 0.3 is 0 Å². The number of alkyl halides is 1. The number of hydrogen-bond donors (Lipinski definition) is 1. The average Bonchev–Trinajstić information content (AvgIpc) is 2.64. The van der Waals surface area contributed by atoms with Gasteiger partial charge in [0.05, 0.1) is 5.52 Å². The minimum atomic E-state index is -0.506. The van der Waals surface area contributed by atoms with Crippen LogP contribution in [0.15, 0.2) is 24.4 Å². The number of benzene rings is 1. The number of fused-ring (bicyclic) bond motifs is 1. The molecule has 13 heavy (non-hydrogen) atoms. The first-order chi connectivity index (χ1) is 6.36. The first-order valence-electron chi connectivity index (χ1n) is 3.97. The quantitative estimate of drug-likeness (QED) is 0.702. The largest absolute Gasteiger partial charge is 0.361 e. The molecule has 0 unspecified atom stereocenters. The van der Waals surface area contributed by atoms with Crippen molar-refractivity contribution >= 4 is 17.2 Å². The van der Waals surface area contributed by atoms with E-state index in [9.17, 15) is 9.18 Å². The SMILES string of the molecule is O=Cc1ccc(CF)c2cc[nH]c12. The molecule has 0 amide bonds. The molecule has 0 spiro atoms. The number of halogens is 1. The van der Waals surface area contributed by atoms with E-state index in [-0.39, 0.29) is 0 Å². The maximum Gasteiger partial charge on any atom is 0.152 e. The van der Waals surface area contributed by atoms with Crippen molar-refractivity contribution in [2.45, 2.75) is 6.67 Å². The molecule has 0 aliphatic rings. The number of aromatic amines is 1. The Kier molecular flexibility index (Phi) is 1.85. The summed E-state index contributed by atoms with van der Waals surface area (Å²) in [5, 5.41) is 0.784. The van der Waals surface area contributed by atoms with Crippen LogP contribution in [0.2, 0.25) is 0 Å². The lowest BCUT2D eigenvalue weighted by Crippen LogP contribution is -1.86. The van der Waals surface area contributed by atoms with E-state index < -0.39 is 6.67 Å². The molecule has 0 radical (unpaired) electrons. The van der Waals surface area contributed by atoms with E-state index in [1.54, 1.807) is 24.4 Å². The third-order valence-corrected chi connectivity index (χ3v) is 2.12. The number of carbonyl (C=O) groups excluding carboxylic acids is 1. The third-order valence-electron chi connectivity index (χ3n) is 2.12. The van der Waals surface area contributed by atoms with Crippen molar-refractivity contribution < 1.29 is 9.18 Å². The fourth-order valence-electron chi connectivity index (χ4n) is 1.45.